The average molecular weight is 294 g/mol. The molecule has 0 aliphatic heterocycles. The Morgan fingerprint density at radius 2 is 1.81 bits per heavy atom. The van der Waals surface area contributed by atoms with Crippen LogP contribution in [0.1, 0.15) is 15.9 Å². The SMILES string of the molecule is Cc1ccc(C(=O)CSc2ncnc3ccccc23)cc1. The molecule has 0 unspecified atom stereocenters. The highest BCUT2D eigenvalue weighted by molar-refractivity contribution is 8.00. The minimum Gasteiger partial charge on any atom is -0.293 e. The number of rotatable bonds is 4. The molecule has 3 rings (SSSR count). The number of thioether (sulfide) groups is 1. The fraction of sp³-hybridized carbons (Fsp3) is 0.118. The second-order valence-corrected chi connectivity index (χ2v) is 5.74. The minimum absolute atomic E-state index is 0.114. The Bertz CT molecular complexity index is 779. The summed E-state index contributed by atoms with van der Waals surface area (Å²) in [6.07, 6.45) is 1.54. The van der Waals surface area contributed by atoms with Gasteiger partial charge in [-0.2, -0.15) is 0 Å². The molecule has 4 heteroatoms. The number of carbonyl (C=O) groups is 1. The van der Waals surface area contributed by atoms with E-state index in [2.05, 4.69) is 9.97 Å². The van der Waals surface area contributed by atoms with Crippen LogP contribution in [0.25, 0.3) is 10.9 Å². The standard InChI is InChI=1S/C17H14N2OS/c1-12-6-8-13(9-7-12)16(20)10-21-17-14-4-2-3-5-15(14)18-11-19-17/h2-9,11H,10H2,1H3. The van der Waals surface area contributed by atoms with Crippen molar-refractivity contribution < 1.29 is 4.79 Å². The largest absolute Gasteiger partial charge is 0.293 e. The van der Waals surface area contributed by atoms with Gasteiger partial charge in [0.15, 0.2) is 5.78 Å². The number of ketones is 1. The van der Waals surface area contributed by atoms with Gasteiger partial charge in [0.1, 0.15) is 11.4 Å². The Labute approximate surface area is 127 Å². The summed E-state index contributed by atoms with van der Waals surface area (Å²) < 4.78 is 0. The van der Waals surface area contributed by atoms with E-state index in [1.807, 2.05) is 55.5 Å². The summed E-state index contributed by atoms with van der Waals surface area (Å²) in [4.78, 5) is 20.7. The van der Waals surface area contributed by atoms with Crippen LogP contribution in [0.5, 0.6) is 0 Å². The van der Waals surface area contributed by atoms with Crippen molar-refractivity contribution in [1.82, 2.24) is 9.97 Å². The maximum atomic E-state index is 12.2. The highest BCUT2D eigenvalue weighted by Crippen LogP contribution is 2.24. The van der Waals surface area contributed by atoms with Crippen LogP contribution in [0.4, 0.5) is 0 Å². The lowest BCUT2D eigenvalue weighted by atomic mass is 10.1. The molecule has 104 valence electrons. The summed E-state index contributed by atoms with van der Waals surface area (Å²) in [6, 6.07) is 15.5. The zero-order valence-corrected chi connectivity index (χ0v) is 12.4. The molecule has 0 spiro atoms. The molecular weight excluding hydrogens is 280 g/mol. The van der Waals surface area contributed by atoms with E-state index in [0.717, 1.165) is 27.1 Å². The number of hydrogen-bond acceptors (Lipinski definition) is 4. The second-order valence-electron chi connectivity index (χ2n) is 4.77. The molecule has 0 saturated carbocycles. The normalized spacial score (nSPS) is 10.7. The van der Waals surface area contributed by atoms with Gasteiger partial charge in [0.05, 0.1) is 11.3 Å². The molecule has 21 heavy (non-hydrogen) atoms. The molecule has 2 aromatic carbocycles. The van der Waals surface area contributed by atoms with Gasteiger partial charge in [-0.05, 0) is 13.0 Å². The first kappa shape index (κ1) is 13.8. The van der Waals surface area contributed by atoms with Gasteiger partial charge in [0, 0.05) is 10.9 Å². The molecule has 0 amide bonds. The van der Waals surface area contributed by atoms with Crippen LogP contribution in [0.2, 0.25) is 0 Å². The number of Topliss-reactive ketones (excluding diaryl/α,β-unsaturated/α-hetero) is 1. The van der Waals surface area contributed by atoms with E-state index in [0.29, 0.717) is 5.75 Å². The van der Waals surface area contributed by atoms with Crippen LogP contribution in [0.15, 0.2) is 59.9 Å². The van der Waals surface area contributed by atoms with Gasteiger partial charge in [0.25, 0.3) is 0 Å². The minimum atomic E-state index is 0.114. The third kappa shape index (κ3) is 3.11. The number of benzene rings is 2. The van der Waals surface area contributed by atoms with Crippen LogP contribution in [-0.2, 0) is 0 Å². The van der Waals surface area contributed by atoms with E-state index in [9.17, 15) is 4.79 Å². The van der Waals surface area contributed by atoms with Crippen molar-refractivity contribution in [3.8, 4) is 0 Å². The van der Waals surface area contributed by atoms with Crippen molar-refractivity contribution in [2.75, 3.05) is 5.75 Å². The fourth-order valence-electron chi connectivity index (χ4n) is 2.05. The van der Waals surface area contributed by atoms with E-state index in [1.54, 1.807) is 6.33 Å². The van der Waals surface area contributed by atoms with Gasteiger partial charge in [-0.1, -0.05) is 59.8 Å². The van der Waals surface area contributed by atoms with E-state index < -0.39 is 0 Å². The van der Waals surface area contributed by atoms with E-state index in [4.69, 9.17) is 0 Å². The third-order valence-corrected chi connectivity index (χ3v) is 4.23. The third-order valence-electron chi connectivity index (χ3n) is 3.22. The first-order valence-corrected chi connectivity index (χ1v) is 7.65. The molecule has 0 saturated heterocycles. The first-order valence-electron chi connectivity index (χ1n) is 6.66. The zero-order valence-electron chi connectivity index (χ0n) is 11.6. The maximum absolute atomic E-state index is 12.2. The monoisotopic (exact) mass is 294 g/mol. The Balaban J connectivity index is 1.77. The summed E-state index contributed by atoms with van der Waals surface area (Å²) in [5.74, 6) is 0.493. The lowest BCUT2D eigenvalue weighted by molar-refractivity contribution is 0.102. The van der Waals surface area contributed by atoms with Crippen molar-refractivity contribution in [2.24, 2.45) is 0 Å². The highest BCUT2D eigenvalue weighted by atomic mass is 32.2. The van der Waals surface area contributed by atoms with Crippen LogP contribution in [0.3, 0.4) is 0 Å². The summed E-state index contributed by atoms with van der Waals surface area (Å²) in [5, 5.41) is 1.84. The molecule has 0 aliphatic carbocycles. The maximum Gasteiger partial charge on any atom is 0.173 e. The van der Waals surface area contributed by atoms with Gasteiger partial charge in [-0.25, -0.2) is 9.97 Å². The van der Waals surface area contributed by atoms with Crippen molar-refractivity contribution in [2.45, 2.75) is 11.9 Å². The number of fused-ring (bicyclic) bond motifs is 1. The van der Waals surface area contributed by atoms with Crippen molar-refractivity contribution >= 4 is 28.4 Å². The second kappa shape index (κ2) is 6.06. The molecule has 0 atom stereocenters. The van der Waals surface area contributed by atoms with E-state index in [1.165, 1.54) is 11.8 Å². The molecule has 1 aromatic heterocycles. The van der Waals surface area contributed by atoms with Crippen molar-refractivity contribution in [1.29, 1.82) is 0 Å². The Morgan fingerprint density at radius 3 is 2.62 bits per heavy atom. The Kier molecular flexibility index (Phi) is 3.97. The number of carbonyl (C=O) groups excluding carboxylic acids is 1. The molecular formula is C17H14N2OS. The molecule has 0 bridgehead atoms. The molecule has 0 fully saturated rings. The smallest absolute Gasteiger partial charge is 0.173 e. The van der Waals surface area contributed by atoms with Gasteiger partial charge in [-0.3, -0.25) is 4.79 Å². The van der Waals surface area contributed by atoms with Crippen LogP contribution in [-0.4, -0.2) is 21.5 Å². The van der Waals surface area contributed by atoms with Gasteiger partial charge >= 0.3 is 0 Å². The van der Waals surface area contributed by atoms with Crippen molar-refractivity contribution in [3.63, 3.8) is 0 Å². The summed E-state index contributed by atoms with van der Waals surface area (Å²) in [6.45, 7) is 2.01. The molecule has 3 aromatic rings. The molecule has 0 N–H and O–H groups in total. The lowest BCUT2D eigenvalue weighted by Crippen LogP contribution is -2.02. The van der Waals surface area contributed by atoms with Gasteiger partial charge < -0.3 is 0 Å². The highest BCUT2D eigenvalue weighted by Gasteiger charge is 2.09. The summed E-state index contributed by atoms with van der Waals surface area (Å²) in [7, 11) is 0. The zero-order chi connectivity index (χ0) is 14.7. The fourth-order valence-corrected chi connectivity index (χ4v) is 2.94. The topological polar surface area (TPSA) is 42.9 Å². The number of hydrogen-bond donors (Lipinski definition) is 0. The van der Waals surface area contributed by atoms with E-state index in [-0.39, 0.29) is 5.78 Å². The summed E-state index contributed by atoms with van der Waals surface area (Å²) in [5.41, 5.74) is 2.80. The van der Waals surface area contributed by atoms with Crippen LogP contribution < -0.4 is 0 Å². The number of para-hydroxylation sites is 1. The van der Waals surface area contributed by atoms with Gasteiger partial charge in [-0.15, -0.1) is 0 Å². The lowest BCUT2D eigenvalue weighted by Gasteiger charge is -2.04. The number of nitrogens with zero attached hydrogens (tertiary/aromatic N) is 2. The predicted molar refractivity (Wildman–Crippen MR) is 85.8 cm³/mol. The molecule has 3 nitrogen and oxygen atoms in total. The van der Waals surface area contributed by atoms with Crippen molar-refractivity contribution in [3.05, 3.63) is 66.0 Å². The number of aromatic nitrogens is 2. The number of aryl methyl sites for hydroxylation is 1. The van der Waals surface area contributed by atoms with Crippen LogP contribution >= 0.6 is 11.8 Å². The van der Waals surface area contributed by atoms with E-state index >= 15 is 0 Å². The molecule has 0 radical (unpaired) electrons. The summed E-state index contributed by atoms with van der Waals surface area (Å²) >= 11 is 1.46. The predicted octanol–water partition coefficient (Wildman–Crippen LogP) is 3.91. The van der Waals surface area contributed by atoms with Crippen LogP contribution in [0, 0.1) is 6.92 Å². The Morgan fingerprint density at radius 1 is 1.05 bits per heavy atom. The first-order chi connectivity index (χ1) is 10.2. The Hall–Kier alpha value is -2.20. The molecule has 0 aliphatic rings. The average Bonchev–Trinajstić information content (AvgIpc) is 2.53. The molecule has 1 heterocycles. The quantitative estimate of drug-likeness (QED) is 0.415. The van der Waals surface area contributed by atoms with Gasteiger partial charge in [0.2, 0.25) is 0 Å².